The molecule has 15 nitrogen and oxygen atoms in total. The number of carboxylic acids is 1. The molecule has 2 amide bonds. The van der Waals surface area contributed by atoms with Crippen LogP contribution in [0.2, 0.25) is 0 Å². The molecular weight excluding hydrogens is 560 g/mol. The van der Waals surface area contributed by atoms with Crippen LogP contribution in [0.25, 0.3) is 0 Å². The summed E-state index contributed by atoms with van der Waals surface area (Å²) in [7, 11) is 0. The van der Waals surface area contributed by atoms with Gasteiger partial charge in [0.25, 0.3) is 17.5 Å². The highest BCUT2D eigenvalue weighted by Crippen LogP contribution is 2.41. The van der Waals surface area contributed by atoms with Crippen molar-refractivity contribution in [3.63, 3.8) is 0 Å². The molecule has 0 spiro atoms. The first kappa shape index (κ1) is 27.0. The number of oxime groups is 1. The van der Waals surface area contributed by atoms with Crippen molar-refractivity contribution in [3.8, 4) is 0 Å². The maximum Gasteiger partial charge on any atom is 0.352 e. The number of fused-ring (bicyclic) bond motifs is 1. The topological polar surface area (TPSA) is 216 Å². The van der Waals surface area contributed by atoms with Crippen LogP contribution in [0, 0.1) is 10.1 Å². The fraction of sp³-hybridized carbons (Fsp3) is 0.250. The molecule has 2 aliphatic rings. The van der Waals surface area contributed by atoms with Crippen molar-refractivity contribution in [3.05, 3.63) is 57.0 Å². The van der Waals surface area contributed by atoms with Crippen LogP contribution in [0.3, 0.4) is 0 Å². The third-order valence-corrected chi connectivity index (χ3v) is 7.63. The summed E-state index contributed by atoms with van der Waals surface area (Å²) < 4.78 is 3.95. The molecule has 2 aliphatic heterocycles. The maximum atomic E-state index is 12.9. The molecule has 4 N–H and O–H groups in total. The van der Waals surface area contributed by atoms with Crippen molar-refractivity contribution >= 4 is 69.4 Å². The SMILES string of the molecule is CCO/N=C(\C(=O)NC1C(=O)N2C(C(=O)O)=C(/C=C/Sc3ccc([N+](=O)[O-])cn3)CS[C@H]12)c1nsc(N)n1. The van der Waals surface area contributed by atoms with E-state index >= 15 is 0 Å². The number of nitro groups is 1. The third-order valence-electron chi connectivity index (χ3n) is 5.03. The summed E-state index contributed by atoms with van der Waals surface area (Å²) >= 11 is 3.27. The molecule has 198 valence electrons. The van der Waals surface area contributed by atoms with Gasteiger partial charge in [0.05, 0.1) is 4.92 Å². The van der Waals surface area contributed by atoms with Gasteiger partial charge in [-0.3, -0.25) is 24.6 Å². The summed E-state index contributed by atoms with van der Waals surface area (Å²) in [5.74, 6) is -2.49. The molecule has 38 heavy (non-hydrogen) atoms. The Hall–Kier alpha value is -4.03. The minimum Gasteiger partial charge on any atom is -0.477 e. The molecule has 1 saturated heterocycles. The molecule has 0 saturated carbocycles. The summed E-state index contributed by atoms with van der Waals surface area (Å²) in [6, 6.07) is 1.77. The number of rotatable bonds is 10. The van der Waals surface area contributed by atoms with Gasteiger partial charge >= 0.3 is 5.97 Å². The van der Waals surface area contributed by atoms with E-state index in [9.17, 15) is 29.6 Å². The molecule has 2 aromatic rings. The van der Waals surface area contributed by atoms with Crippen molar-refractivity contribution < 1.29 is 29.3 Å². The first-order valence-corrected chi connectivity index (χ1v) is 13.4. The van der Waals surface area contributed by atoms with E-state index in [4.69, 9.17) is 10.6 Å². The van der Waals surface area contributed by atoms with E-state index in [0.717, 1.165) is 34.4 Å². The van der Waals surface area contributed by atoms with E-state index < -0.39 is 34.1 Å². The Morgan fingerprint density at radius 2 is 2.26 bits per heavy atom. The molecule has 1 fully saturated rings. The number of nitrogens with one attached hydrogen (secondary N) is 1. The number of allylic oxidation sites excluding steroid dienone is 1. The Balaban J connectivity index is 1.47. The Bertz CT molecular complexity index is 1370. The first-order chi connectivity index (χ1) is 18.2. The Morgan fingerprint density at radius 3 is 2.87 bits per heavy atom. The minimum atomic E-state index is -1.30. The van der Waals surface area contributed by atoms with Crippen LogP contribution in [0.1, 0.15) is 12.7 Å². The van der Waals surface area contributed by atoms with Gasteiger partial charge in [0.1, 0.15) is 34.9 Å². The third kappa shape index (κ3) is 5.60. The van der Waals surface area contributed by atoms with Crippen LogP contribution in [-0.2, 0) is 19.2 Å². The van der Waals surface area contributed by atoms with E-state index in [0.29, 0.717) is 10.6 Å². The van der Waals surface area contributed by atoms with Crippen LogP contribution < -0.4 is 11.1 Å². The van der Waals surface area contributed by atoms with Gasteiger partial charge in [0.15, 0.2) is 5.13 Å². The van der Waals surface area contributed by atoms with Gasteiger partial charge in [0.2, 0.25) is 11.5 Å². The number of carbonyl (C=O) groups excluding carboxylic acids is 2. The highest BCUT2D eigenvalue weighted by Gasteiger charge is 2.54. The number of carboxylic acid groups (broad SMARTS) is 1. The minimum absolute atomic E-state index is 0.0584. The fourth-order valence-electron chi connectivity index (χ4n) is 3.36. The lowest BCUT2D eigenvalue weighted by Gasteiger charge is -2.49. The fourth-order valence-corrected chi connectivity index (χ4v) is 5.75. The molecule has 0 aliphatic carbocycles. The molecule has 2 aromatic heterocycles. The van der Waals surface area contributed by atoms with Gasteiger partial charge in [0, 0.05) is 23.4 Å². The number of nitrogens with two attached hydrogens (primary N) is 1. The number of amides is 2. The maximum absolute atomic E-state index is 12.9. The Kier molecular flexibility index (Phi) is 8.23. The predicted molar refractivity (Wildman–Crippen MR) is 138 cm³/mol. The standard InChI is InChI=1S/C20H18N8O7S3/c1-2-35-25-12(15-24-20(21)38-26-15)16(29)23-13-17(30)27-14(19(31)32)9(8-37-18(13)27)5-6-36-11-4-3-10(7-22-11)28(33)34/h3-7,13,18H,2,8H2,1H3,(H,23,29)(H,31,32)(H2,21,24,26)/b6-5+,25-12-/t13?,18-/m1/s1. The predicted octanol–water partition coefficient (Wildman–Crippen LogP) is 1.21. The number of anilines is 1. The van der Waals surface area contributed by atoms with Crippen LogP contribution in [0.5, 0.6) is 0 Å². The van der Waals surface area contributed by atoms with E-state index in [2.05, 4.69) is 24.8 Å². The lowest BCUT2D eigenvalue weighted by molar-refractivity contribution is -0.385. The van der Waals surface area contributed by atoms with E-state index in [1.54, 1.807) is 18.4 Å². The van der Waals surface area contributed by atoms with Gasteiger partial charge in [-0.25, -0.2) is 9.78 Å². The van der Waals surface area contributed by atoms with Gasteiger partial charge < -0.3 is 21.0 Å². The molecule has 0 bridgehead atoms. The van der Waals surface area contributed by atoms with Crippen molar-refractivity contribution in [1.82, 2.24) is 24.6 Å². The molecule has 0 radical (unpaired) electrons. The molecule has 0 aromatic carbocycles. The molecule has 4 heterocycles. The van der Waals surface area contributed by atoms with Crippen LogP contribution in [0.15, 0.2) is 51.3 Å². The number of nitrogen functional groups attached to an aromatic ring is 1. The first-order valence-electron chi connectivity index (χ1n) is 10.7. The summed E-state index contributed by atoms with van der Waals surface area (Å²) in [6.45, 7) is 1.84. The Labute approximate surface area is 226 Å². The molecule has 2 atom stereocenters. The largest absolute Gasteiger partial charge is 0.477 e. The summed E-state index contributed by atoms with van der Waals surface area (Å²) in [4.78, 5) is 62.1. The van der Waals surface area contributed by atoms with Crippen LogP contribution in [0.4, 0.5) is 10.8 Å². The second kappa shape index (κ2) is 11.6. The highest BCUT2D eigenvalue weighted by atomic mass is 32.2. The van der Waals surface area contributed by atoms with Gasteiger partial charge in [-0.1, -0.05) is 16.9 Å². The summed E-state index contributed by atoms with van der Waals surface area (Å²) in [5.41, 5.74) is 5.36. The van der Waals surface area contributed by atoms with E-state index in [1.807, 2.05) is 0 Å². The zero-order valence-corrected chi connectivity index (χ0v) is 21.8. The van der Waals surface area contributed by atoms with E-state index in [-0.39, 0.29) is 40.4 Å². The second-order valence-electron chi connectivity index (χ2n) is 7.39. The zero-order valence-electron chi connectivity index (χ0n) is 19.3. The van der Waals surface area contributed by atoms with E-state index in [1.165, 1.54) is 23.9 Å². The average molecular weight is 579 g/mol. The zero-order chi connectivity index (χ0) is 27.4. The molecular formula is C20H18N8O7S3. The summed E-state index contributed by atoms with van der Waals surface area (Å²) in [6.07, 6.45) is 2.67. The smallest absolute Gasteiger partial charge is 0.352 e. The van der Waals surface area contributed by atoms with Crippen molar-refractivity contribution in [1.29, 1.82) is 0 Å². The monoisotopic (exact) mass is 578 g/mol. The summed E-state index contributed by atoms with van der Waals surface area (Å²) in [5, 5.41) is 28.4. The van der Waals surface area contributed by atoms with Crippen molar-refractivity contribution in [2.45, 2.75) is 23.4 Å². The lowest BCUT2D eigenvalue weighted by atomic mass is 10.0. The van der Waals surface area contributed by atoms with Gasteiger partial charge in [-0.05, 0) is 30.0 Å². The quantitative estimate of drug-likeness (QED) is 0.119. The van der Waals surface area contributed by atoms with Gasteiger partial charge in [-0.2, -0.15) is 9.36 Å². The molecule has 18 heteroatoms. The number of hydrogen-bond donors (Lipinski definition) is 3. The highest BCUT2D eigenvalue weighted by molar-refractivity contribution is 8.02. The number of hydrogen-bond acceptors (Lipinski definition) is 14. The molecule has 4 rings (SSSR count). The van der Waals surface area contributed by atoms with Crippen molar-refractivity contribution in [2.24, 2.45) is 5.16 Å². The molecule has 1 unspecified atom stereocenters. The van der Waals surface area contributed by atoms with Gasteiger partial charge in [-0.15, -0.1) is 11.8 Å². The normalized spacial score (nSPS) is 19.2. The number of carbonyl (C=O) groups is 3. The Morgan fingerprint density at radius 1 is 1.47 bits per heavy atom. The lowest BCUT2D eigenvalue weighted by Crippen LogP contribution is -2.71. The number of thioether (sulfide) groups is 2. The number of aromatic nitrogens is 3. The average Bonchev–Trinajstić information content (AvgIpc) is 3.32. The van der Waals surface area contributed by atoms with Crippen LogP contribution >= 0.6 is 35.1 Å². The van der Waals surface area contributed by atoms with Crippen molar-refractivity contribution in [2.75, 3.05) is 18.1 Å². The number of nitrogens with zero attached hydrogens (tertiary/aromatic N) is 6. The number of β-lactam (4-membered cyclic amide) rings is 1. The number of aliphatic carboxylic acids is 1. The number of pyridine rings is 1. The second-order valence-corrected chi connectivity index (χ2v) is 10.2. The van der Waals surface area contributed by atoms with Crippen LogP contribution in [-0.4, -0.2) is 76.5 Å².